The molecule has 0 radical (unpaired) electrons. The van der Waals surface area contributed by atoms with Crippen LogP contribution in [0.25, 0.3) is 0 Å². The van der Waals surface area contributed by atoms with E-state index in [2.05, 4.69) is 4.40 Å². The van der Waals surface area contributed by atoms with Gasteiger partial charge < -0.3 is 4.79 Å². The Balaban J connectivity index is -0.000000256. The van der Waals surface area contributed by atoms with Crippen LogP contribution in [0.5, 0.6) is 0 Å². The van der Waals surface area contributed by atoms with E-state index in [0.717, 1.165) is 5.71 Å². The Kier molecular flexibility index (Phi) is 13.6. The average molecular weight is 341 g/mol. The van der Waals surface area contributed by atoms with Gasteiger partial charge in [0, 0.05) is 5.71 Å². The fourth-order valence-electron chi connectivity index (χ4n) is 0.303. The van der Waals surface area contributed by atoms with Gasteiger partial charge in [-0.1, -0.05) is 0 Å². The van der Waals surface area contributed by atoms with E-state index in [1.54, 1.807) is 0 Å². The molecule has 0 rings (SSSR count). The third-order valence-electron chi connectivity index (χ3n) is 1.39. The van der Waals surface area contributed by atoms with Crippen LogP contribution in [0.1, 0.15) is 69.2 Å². The molecule has 0 saturated carbocycles. The number of rotatable bonds is 1. The lowest BCUT2D eigenvalue weighted by Gasteiger charge is -2.13. The second-order valence-electron chi connectivity index (χ2n) is 6.72. The lowest BCUT2D eigenvalue weighted by molar-refractivity contribution is -0.114. The van der Waals surface area contributed by atoms with Crippen LogP contribution in [-0.2, 0) is 26.8 Å². The van der Waals surface area contributed by atoms with Crippen LogP contribution in [0.2, 0.25) is 0 Å². The number of nitrogens with zero attached hydrogens (tertiary/aromatic N) is 1. The summed E-state index contributed by atoms with van der Waals surface area (Å²) < 4.78 is 25.0. The van der Waals surface area contributed by atoms with Gasteiger partial charge in [0.05, 0.1) is 20.5 Å². The average Bonchev–Trinajstić information content (AvgIpc) is 2.12. The molecule has 0 spiro atoms. The third-order valence-corrected chi connectivity index (χ3v) is 4.18. The van der Waals surface area contributed by atoms with Gasteiger partial charge >= 0.3 is 0 Å². The van der Waals surface area contributed by atoms with Gasteiger partial charge in [0.1, 0.15) is 16.8 Å². The van der Waals surface area contributed by atoms with Crippen molar-refractivity contribution in [3.8, 4) is 0 Å². The van der Waals surface area contributed by atoms with Crippen molar-refractivity contribution in [2.45, 2.75) is 78.7 Å². The number of hydrogen-bond acceptors (Lipinski definition) is 3. The van der Waals surface area contributed by atoms with Gasteiger partial charge in [0.25, 0.3) is 0 Å². The predicted molar refractivity (Wildman–Crippen MR) is 95.1 cm³/mol. The summed E-state index contributed by atoms with van der Waals surface area (Å²) in [4.78, 5) is 9.44. The van der Waals surface area contributed by atoms with E-state index in [9.17, 15) is 13.2 Å². The second kappa shape index (κ2) is 11.2. The maximum Gasteiger partial charge on any atom is 0.144 e. The first kappa shape index (κ1) is 25.5. The molecule has 7 heteroatoms. The molecular weight excluding hydrogens is 308 g/mol. The first-order chi connectivity index (χ1) is 9.01. The Labute approximate surface area is 135 Å². The topological polar surface area (TPSA) is 89.6 Å². The summed E-state index contributed by atoms with van der Waals surface area (Å²) in [5.41, 5.74) is 0.869. The predicted octanol–water partition coefficient (Wildman–Crippen LogP) is 2.93. The second-order valence-corrected chi connectivity index (χ2v) is 10.4. The maximum absolute atomic E-state index is 11.2. The van der Waals surface area contributed by atoms with Crippen LogP contribution in [0.3, 0.4) is 0 Å². The van der Waals surface area contributed by atoms with Crippen LogP contribution in [0, 0.1) is 0 Å². The number of carbonyl (C=O) groups is 1. The fourth-order valence-corrected chi connectivity index (χ4v) is 0.908. The Morgan fingerprint density at radius 2 is 1.10 bits per heavy atom. The molecule has 2 N–H and O–H groups in total. The molecule has 5 nitrogen and oxygen atoms in total. The minimum absolute atomic E-state index is 0.167. The quantitative estimate of drug-likeness (QED) is 0.744. The van der Waals surface area contributed by atoms with Crippen molar-refractivity contribution >= 4 is 33.5 Å². The SMILES string of the molecule is CC(C)(C)[S@](N)=O.CC(C)=N[S@](=O)C(C)(C)C.CC(C)=O. The van der Waals surface area contributed by atoms with Gasteiger partial charge in [-0.2, -0.15) is 4.40 Å². The Hall–Kier alpha value is -0.400. The summed E-state index contributed by atoms with van der Waals surface area (Å²) >= 11 is 0. The third kappa shape index (κ3) is 24.9. The van der Waals surface area contributed by atoms with Gasteiger partial charge in [-0.3, -0.25) is 5.14 Å². The lowest BCUT2D eigenvalue weighted by atomic mass is 10.3. The smallest absolute Gasteiger partial charge is 0.144 e. The Morgan fingerprint density at radius 3 is 1.14 bits per heavy atom. The van der Waals surface area contributed by atoms with E-state index >= 15 is 0 Å². The molecule has 0 heterocycles. The molecule has 0 aromatic carbocycles. The van der Waals surface area contributed by atoms with Crippen LogP contribution in [0.15, 0.2) is 4.40 Å². The summed E-state index contributed by atoms with van der Waals surface area (Å²) in [7, 11) is -2.26. The molecule has 21 heavy (non-hydrogen) atoms. The van der Waals surface area contributed by atoms with Crippen LogP contribution >= 0.6 is 0 Å². The Bertz CT molecular complexity index is 384. The number of nitrogens with two attached hydrogens (primary N) is 1. The summed E-state index contributed by atoms with van der Waals surface area (Å²) in [6.45, 7) is 18.0. The number of hydrogen-bond donors (Lipinski definition) is 1. The van der Waals surface area contributed by atoms with Gasteiger partial charge in [0.15, 0.2) is 0 Å². The number of ketones is 1. The summed E-state index contributed by atoms with van der Waals surface area (Å²) in [5.74, 6) is 0.167. The van der Waals surface area contributed by atoms with Gasteiger partial charge in [-0.25, -0.2) is 8.42 Å². The number of Topliss-reactive ketones (excluding diaryl/α,β-unsaturated/α-hetero) is 1. The van der Waals surface area contributed by atoms with Crippen molar-refractivity contribution in [3.05, 3.63) is 0 Å². The molecule has 0 amide bonds. The molecule has 0 aliphatic heterocycles. The molecule has 0 aromatic heterocycles. The van der Waals surface area contributed by atoms with E-state index in [4.69, 9.17) is 5.14 Å². The fraction of sp³-hybridized carbons (Fsp3) is 0.857. The summed E-state index contributed by atoms with van der Waals surface area (Å²) in [6, 6.07) is 0. The van der Waals surface area contributed by atoms with Crippen LogP contribution in [-0.4, -0.2) is 29.4 Å². The Morgan fingerprint density at radius 1 is 0.857 bits per heavy atom. The largest absolute Gasteiger partial charge is 0.300 e. The molecule has 0 aliphatic rings. The van der Waals surface area contributed by atoms with Crippen molar-refractivity contribution < 1.29 is 13.2 Å². The van der Waals surface area contributed by atoms with Crippen LogP contribution < -0.4 is 5.14 Å². The highest BCUT2D eigenvalue weighted by molar-refractivity contribution is 7.85. The van der Waals surface area contributed by atoms with Crippen molar-refractivity contribution in [1.29, 1.82) is 0 Å². The highest BCUT2D eigenvalue weighted by Crippen LogP contribution is 2.11. The maximum atomic E-state index is 11.2. The van der Waals surface area contributed by atoms with Gasteiger partial charge in [0.2, 0.25) is 0 Å². The van der Waals surface area contributed by atoms with E-state index < -0.39 is 22.0 Å². The van der Waals surface area contributed by atoms with Crippen molar-refractivity contribution in [2.75, 3.05) is 0 Å². The molecule has 0 saturated heterocycles. The molecule has 0 fully saturated rings. The van der Waals surface area contributed by atoms with Crippen molar-refractivity contribution in [3.63, 3.8) is 0 Å². The molecule has 128 valence electrons. The molecule has 0 aliphatic carbocycles. The molecule has 2 atom stereocenters. The zero-order valence-electron chi connectivity index (χ0n) is 15.1. The zero-order valence-corrected chi connectivity index (χ0v) is 16.7. The lowest BCUT2D eigenvalue weighted by Crippen LogP contribution is -2.27. The normalized spacial score (nSPS) is 13.7. The minimum atomic E-state index is -1.18. The van der Waals surface area contributed by atoms with Gasteiger partial charge in [-0.15, -0.1) is 0 Å². The number of carbonyl (C=O) groups excluding carboxylic acids is 1. The van der Waals surface area contributed by atoms with E-state index in [1.165, 1.54) is 13.8 Å². The molecular formula is C14H32N2O3S2. The standard InChI is InChI=1S/C7H15NOS.C4H11NOS.C3H6O/c1-6(2)8-10(9)7(3,4)5;1-4(2,3)7(5)6;1-3(2)4/h1-5H3;5H2,1-3H3;1-2H3/t10-;7-;/m11./s1. The van der Waals surface area contributed by atoms with E-state index in [1.807, 2.05) is 55.4 Å². The van der Waals surface area contributed by atoms with Crippen molar-refractivity contribution in [1.82, 2.24) is 0 Å². The molecule has 0 bridgehead atoms. The summed E-state index contributed by atoms with van der Waals surface area (Å²) in [5, 5.41) is 5.04. The first-order valence-electron chi connectivity index (χ1n) is 6.59. The van der Waals surface area contributed by atoms with Crippen molar-refractivity contribution in [2.24, 2.45) is 9.54 Å². The monoisotopic (exact) mass is 340 g/mol. The highest BCUT2D eigenvalue weighted by atomic mass is 32.2. The van der Waals surface area contributed by atoms with E-state index in [0.29, 0.717) is 0 Å². The van der Waals surface area contributed by atoms with Gasteiger partial charge in [-0.05, 0) is 69.2 Å². The van der Waals surface area contributed by atoms with E-state index in [-0.39, 0.29) is 15.3 Å². The molecule has 0 unspecified atom stereocenters. The first-order valence-corrected chi connectivity index (χ1v) is 8.91. The van der Waals surface area contributed by atoms with Crippen LogP contribution in [0.4, 0.5) is 0 Å². The summed E-state index contributed by atoms with van der Waals surface area (Å²) in [6.07, 6.45) is 0. The zero-order chi connectivity index (χ0) is 18.0. The molecule has 0 aromatic rings. The highest BCUT2D eigenvalue weighted by Gasteiger charge is 2.18. The minimum Gasteiger partial charge on any atom is -0.300 e.